The molecule has 0 fully saturated rings. The summed E-state index contributed by atoms with van der Waals surface area (Å²) in [5.41, 5.74) is 3.79. The molecule has 0 aliphatic carbocycles. The number of amides is 2. The van der Waals surface area contributed by atoms with Gasteiger partial charge in [0, 0.05) is 18.5 Å². The first kappa shape index (κ1) is 21.9. The number of hydrogen-bond donors (Lipinski definition) is 2. The topological polar surface area (TPSA) is 89.0 Å². The van der Waals surface area contributed by atoms with Crippen LogP contribution in [0.1, 0.15) is 36.2 Å². The summed E-state index contributed by atoms with van der Waals surface area (Å²) in [6, 6.07) is 14.2. The Hall–Kier alpha value is -3.35. The number of carbonyl (C=O) groups excluding carboxylic acids is 2. The Morgan fingerprint density at radius 3 is 2.31 bits per heavy atom. The lowest BCUT2D eigenvalue weighted by Crippen LogP contribution is -2.29. The van der Waals surface area contributed by atoms with Crippen molar-refractivity contribution in [2.24, 2.45) is 11.0 Å². The molecule has 0 heterocycles. The van der Waals surface area contributed by atoms with Gasteiger partial charge in [0.25, 0.3) is 5.91 Å². The van der Waals surface area contributed by atoms with Gasteiger partial charge in [-0.1, -0.05) is 13.8 Å². The van der Waals surface area contributed by atoms with Gasteiger partial charge in [0.1, 0.15) is 11.5 Å². The van der Waals surface area contributed by atoms with Gasteiger partial charge in [0.15, 0.2) is 0 Å². The van der Waals surface area contributed by atoms with E-state index < -0.39 is 0 Å². The third-order valence-corrected chi connectivity index (χ3v) is 3.86. The van der Waals surface area contributed by atoms with Crippen LogP contribution in [-0.4, -0.2) is 38.3 Å². The van der Waals surface area contributed by atoms with Crippen molar-refractivity contribution in [3.05, 3.63) is 59.7 Å². The van der Waals surface area contributed by atoms with Crippen LogP contribution in [0.4, 0.5) is 0 Å². The molecule has 2 N–H and O–H groups in total. The van der Waals surface area contributed by atoms with Crippen molar-refractivity contribution in [2.45, 2.75) is 20.3 Å². The van der Waals surface area contributed by atoms with E-state index in [1.807, 2.05) is 24.3 Å². The molecular weight excluding hydrogens is 370 g/mol. The van der Waals surface area contributed by atoms with Crippen LogP contribution in [0.25, 0.3) is 0 Å². The monoisotopic (exact) mass is 397 g/mol. The Morgan fingerprint density at radius 1 is 1.03 bits per heavy atom. The van der Waals surface area contributed by atoms with Crippen LogP contribution in [0.5, 0.6) is 11.5 Å². The molecule has 0 atom stereocenters. The molecule has 0 bridgehead atoms. The van der Waals surface area contributed by atoms with Gasteiger partial charge in [-0.2, -0.15) is 5.10 Å². The average molecular weight is 397 g/mol. The van der Waals surface area contributed by atoms with Crippen LogP contribution >= 0.6 is 0 Å². The zero-order valence-electron chi connectivity index (χ0n) is 17.0. The van der Waals surface area contributed by atoms with E-state index >= 15 is 0 Å². The van der Waals surface area contributed by atoms with Crippen LogP contribution < -0.4 is 20.2 Å². The van der Waals surface area contributed by atoms with E-state index in [1.165, 1.54) is 0 Å². The van der Waals surface area contributed by atoms with E-state index in [2.05, 4.69) is 29.7 Å². The second-order valence-electron chi connectivity index (χ2n) is 6.80. The summed E-state index contributed by atoms with van der Waals surface area (Å²) in [7, 11) is 1.56. The number of rotatable bonds is 10. The number of benzene rings is 2. The van der Waals surface area contributed by atoms with Gasteiger partial charge in [-0.25, -0.2) is 5.43 Å². The number of nitrogens with zero attached hydrogens (tertiary/aromatic N) is 1. The summed E-state index contributed by atoms with van der Waals surface area (Å²) in [5.74, 6) is 1.41. The van der Waals surface area contributed by atoms with Crippen molar-refractivity contribution in [1.29, 1.82) is 0 Å². The summed E-state index contributed by atoms with van der Waals surface area (Å²) >= 11 is 0. The zero-order valence-corrected chi connectivity index (χ0v) is 17.0. The van der Waals surface area contributed by atoms with Gasteiger partial charge < -0.3 is 14.8 Å². The Bertz CT molecular complexity index is 815. The lowest BCUT2D eigenvalue weighted by Gasteiger charge is -2.08. The van der Waals surface area contributed by atoms with Crippen LogP contribution in [0.3, 0.4) is 0 Å². The van der Waals surface area contributed by atoms with Crippen molar-refractivity contribution in [1.82, 2.24) is 10.7 Å². The molecule has 0 radical (unpaired) electrons. The number of nitrogens with one attached hydrogen (secondary N) is 2. The lowest BCUT2D eigenvalue weighted by atomic mass is 10.2. The molecule has 2 aromatic carbocycles. The zero-order chi connectivity index (χ0) is 21.1. The molecule has 7 heteroatoms. The highest BCUT2D eigenvalue weighted by atomic mass is 16.5. The van der Waals surface area contributed by atoms with Crippen LogP contribution in [0.2, 0.25) is 0 Å². The first-order valence-electron chi connectivity index (χ1n) is 9.45. The fourth-order valence-electron chi connectivity index (χ4n) is 2.28. The minimum Gasteiger partial charge on any atom is -0.497 e. The average Bonchev–Trinajstić information content (AvgIpc) is 2.73. The third-order valence-electron chi connectivity index (χ3n) is 3.86. The van der Waals surface area contributed by atoms with Crippen LogP contribution in [0.15, 0.2) is 53.6 Å². The van der Waals surface area contributed by atoms with Crippen LogP contribution in [0, 0.1) is 5.92 Å². The van der Waals surface area contributed by atoms with Gasteiger partial charge in [0.2, 0.25) is 5.91 Å². The van der Waals surface area contributed by atoms with E-state index in [-0.39, 0.29) is 24.8 Å². The van der Waals surface area contributed by atoms with Crippen molar-refractivity contribution in [3.8, 4) is 11.5 Å². The molecule has 154 valence electrons. The first-order valence-corrected chi connectivity index (χ1v) is 9.45. The summed E-state index contributed by atoms with van der Waals surface area (Å²) < 4.78 is 10.7. The molecule has 0 aliphatic heterocycles. The molecule has 2 rings (SSSR count). The Labute approximate surface area is 171 Å². The smallest absolute Gasteiger partial charge is 0.251 e. The number of methoxy groups -OCH3 is 1. The van der Waals surface area contributed by atoms with E-state index in [1.54, 1.807) is 37.6 Å². The predicted octanol–water partition coefficient (Wildman–Crippen LogP) is 3.00. The van der Waals surface area contributed by atoms with Crippen molar-refractivity contribution in [3.63, 3.8) is 0 Å². The van der Waals surface area contributed by atoms with Crippen molar-refractivity contribution in [2.75, 3.05) is 20.3 Å². The quantitative estimate of drug-likeness (QED) is 0.476. The van der Waals surface area contributed by atoms with Crippen LogP contribution in [-0.2, 0) is 4.79 Å². The van der Waals surface area contributed by atoms with E-state index in [0.29, 0.717) is 23.8 Å². The number of carbonyl (C=O) groups is 2. The molecule has 0 spiro atoms. The normalized spacial score (nSPS) is 10.8. The van der Waals surface area contributed by atoms with E-state index in [9.17, 15) is 9.59 Å². The minimum absolute atomic E-state index is 0.126. The van der Waals surface area contributed by atoms with Crippen molar-refractivity contribution >= 4 is 18.0 Å². The molecule has 0 saturated carbocycles. The summed E-state index contributed by atoms with van der Waals surface area (Å²) in [6.45, 7) is 5.06. The SMILES string of the molecule is COc1ccc(C(=O)NCCC(=O)NN=Cc2ccc(OCC(C)C)cc2)cc1. The number of hydrogen-bond acceptors (Lipinski definition) is 5. The molecule has 7 nitrogen and oxygen atoms in total. The summed E-state index contributed by atoms with van der Waals surface area (Å²) in [6.07, 6.45) is 1.68. The van der Waals surface area contributed by atoms with Gasteiger partial charge in [0.05, 0.1) is 19.9 Å². The molecule has 2 aromatic rings. The largest absolute Gasteiger partial charge is 0.497 e. The molecule has 0 unspecified atom stereocenters. The predicted molar refractivity (Wildman–Crippen MR) is 112 cm³/mol. The standard InChI is InChI=1S/C22H27N3O4/c1-16(2)15-29-20-8-4-17(5-9-20)14-24-25-21(26)12-13-23-22(27)18-6-10-19(28-3)11-7-18/h4-11,14,16H,12-13,15H2,1-3H3,(H,23,27)(H,25,26). The van der Waals surface area contributed by atoms with Gasteiger partial charge >= 0.3 is 0 Å². The number of hydrazone groups is 1. The molecule has 0 saturated heterocycles. The minimum atomic E-state index is -0.284. The number of ether oxygens (including phenoxy) is 2. The van der Waals surface area contributed by atoms with Gasteiger partial charge in [-0.3, -0.25) is 9.59 Å². The Morgan fingerprint density at radius 2 is 1.69 bits per heavy atom. The summed E-state index contributed by atoms with van der Waals surface area (Å²) in [5, 5.41) is 6.62. The molecule has 0 aliphatic rings. The van der Waals surface area contributed by atoms with E-state index in [0.717, 1.165) is 11.3 Å². The maximum atomic E-state index is 12.0. The first-order chi connectivity index (χ1) is 14.0. The molecule has 2 amide bonds. The Kier molecular flexibility index (Phi) is 8.69. The van der Waals surface area contributed by atoms with Gasteiger partial charge in [-0.05, 0) is 60.0 Å². The summed E-state index contributed by atoms with van der Waals surface area (Å²) in [4.78, 5) is 23.8. The molecular formula is C22H27N3O4. The second-order valence-corrected chi connectivity index (χ2v) is 6.80. The lowest BCUT2D eigenvalue weighted by molar-refractivity contribution is -0.120. The third kappa shape index (κ3) is 8.04. The molecule has 29 heavy (non-hydrogen) atoms. The fraction of sp³-hybridized carbons (Fsp3) is 0.318. The highest BCUT2D eigenvalue weighted by molar-refractivity contribution is 5.94. The Balaban J connectivity index is 1.69. The van der Waals surface area contributed by atoms with E-state index in [4.69, 9.17) is 9.47 Å². The maximum Gasteiger partial charge on any atom is 0.251 e. The second kappa shape index (κ2) is 11.5. The fourth-order valence-corrected chi connectivity index (χ4v) is 2.28. The highest BCUT2D eigenvalue weighted by Gasteiger charge is 2.06. The maximum absolute atomic E-state index is 12.0. The van der Waals surface area contributed by atoms with Crippen molar-refractivity contribution < 1.29 is 19.1 Å². The molecule has 0 aromatic heterocycles. The van der Waals surface area contributed by atoms with Gasteiger partial charge in [-0.15, -0.1) is 0 Å². The highest BCUT2D eigenvalue weighted by Crippen LogP contribution is 2.12.